The van der Waals surface area contributed by atoms with Crippen LogP contribution in [0.25, 0.3) is 0 Å². The maximum Gasteiger partial charge on any atom is 0.0926 e. The lowest BCUT2D eigenvalue weighted by atomic mass is 10.2. The predicted molar refractivity (Wildman–Crippen MR) is 58.0 cm³/mol. The summed E-state index contributed by atoms with van der Waals surface area (Å²) in [5.74, 6) is 0.168. The standard InChI is InChI=1S/C9H15ClN4/c1-5(4-8(11)12)14-7(3)9(10)6(2)13-14/h5H,4H2,1-3H3,(H3,11,12). The molecule has 0 saturated carbocycles. The lowest BCUT2D eigenvalue weighted by molar-refractivity contribution is 0.490. The molecule has 1 aromatic rings. The molecular weight excluding hydrogens is 200 g/mol. The topological polar surface area (TPSA) is 67.7 Å². The van der Waals surface area contributed by atoms with Crippen LogP contribution in [0.1, 0.15) is 30.8 Å². The molecule has 1 atom stereocenters. The Morgan fingerprint density at radius 1 is 1.64 bits per heavy atom. The minimum atomic E-state index is 0.0821. The molecule has 0 bridgehead atoms. The van der Waals surface area contributed by atoms with Crippen molar-refractivity contribution < 1.29 is 0 Å². The number of aromatic nitrogens is 2. The number of aryl methyl sites for hydroxylation is 1. The molecule has 0 aliphatic heterocycles. The molecule has 0 aromatic carbocycles. The molecule has 1 rings (SSSR count). The van der Waals surface area contributed by atoms with Crippen LogP contribution in [-0.2, 0) is 0 Å². The molecule has 1 heterocycles. The molecule has 0 amide bonds. The van der Waals surface area contributed by atoms with Crippen LogP contribution in [0.3, 0.4) is 0 Å². The Kier molecular flexibility index (Phi) is 3.16. The fraction of sp³-hybridized carbons (Fsp3) is 0.556. The molecule has 0 fully saturated rings. The van der Waals surface area contributed by atoms with Crippen molar-refractivity contribution in [2.24, 2.45) is 5.73 Å². The molecule has 1 unspecified atom stereocenters. The summed E-state index contributed by atoms with van der Waals surface area (Å²) in [5.41, 5.74) is 7.08. The van der Waals surface area contributed by atoms with Gasteiger partial charge < -0.3 is 5.73 Å². The summed E-state index contributed by atoms with van der Waals surface area (Å²) in [7, 11) is 0. The van der Waals surface area contributed by atoms with E-state index in [1.807, 2.05) is 25.5 Å². The van der Waals surface area contributed by atoms with E-state index in [1.165, 1.54) is 0 Å². The van der Waals surface area contributed by atoms with E-state index in [0.717, 1.165) is 11.4 Å². The van der Waals surface area contributed by atoms with Crippen molar-refractivity contribution in [2.75, 3.05) is 0 Å². The van der Waals surface area contributed by atoms with Gasteiger partial charge in [0, 0.05) is 6.42 Å². The fourth-order valence-electron chi connectivity index (χ4n) is 1.48. The van der Waals surface area contributed by atoms with Crippen LogP contribution in [0.15, 0.2) is 0 Å². The van der Waals surface area contributed by atoms with Gasteiger partial charge in [-0.1, -0.05) is 11.6 Å². The van der Waals surface area contributed by atoms with Crippen molar-refractivity contribution in [2.45, 2.75) is 33.2 Å². The zero-order chi connectivity index (χ0) is 10.9. The van der Waals surface area contributed by atoms with Crippen molar-refractivity contribution in [1.82, 2.24) is 9.78 Å². The van der Waals surface area contributed by atoms with E-state index in [1.54, 1.807) is 0 Å². The number of hydrogen-bond acceptors (Lipinski definition) is 2. The monoisotopic (exact) mass is 214 g/mol. The van der Waals surface area contributed by atoms with E-state index in [0.29, 0.717) is 11.4 Å². The van der Waals surface area contributed by atoms with Gasteiger partial charge in [0.25, 0.3) is 0 Å². The molecular formula is C9H15ClN4. The first-order valence-corrected chi connectivity index (χ1v) is 4.85. The zero-order valence-electron chi connectivity index (χ0n) is 8.63. The minimum Gasteiger partial charge on any atom is -0.388 e. The molecule has 0 aliphatic rings. The summed E-state index contributed by atoms with van der Waals surface area (Å²) in [4.78, 5) is 0. The van der Waals surface area contributed by atoms with E-state index < -0.39 is 0 Å². The predicted octanol–water partition coefficient (Wildman–Crippen LogP) is 2.04. The quantitative estimate of drug-likeness (QED) is 0.597. The van der Waals surface area contributed by atoms with Crippen LogP contribution in [0.2, 0.25) is 5.02 Å². The highest BCUT2D eigenvalue weighted by Crippen LogP contribution is 2.23. The van der Waals surface area contributed by atoms with Crippen molar-refractivity contribution in [3.05, 3.63) is 16.4 Å². The van der Waals surface area contributed by atoms with Crippen molar-refractivity contribution in [1.29, 1.82) is 5.41 Å². The number of nitrogens with zero attached hydrogens (tertiary/aromatic N) is 2. The largest absolute Gasteiger partial charge is 0.388 e. The highest BCUT2D eigenvalue weighted by molar-refractivity contribution is 6.31. The smallest absolute Gasteiger partial charge is 0.0926 e. The average molecular weight is 215 g/mol. The molecule has 5 heteroatoms. The van der Waals surface area contributed by atoms with Gasteiger partial charge in [-0.25, -0.2) is 0 Å². The lowest BCUT2D eigenvalue weighted by Gasteiger charge is -2.12. The van der Waals surface area contributed by atoms with Gasteiger partial charge in [0.15, 0.2) is 0 Å². The highest BCUT2D eigenvalue weighted by Gasteiger charge is 2.14. The van der Waals surface area contributed by atoms with Crippen molar-refractivity contribution >= 4 is 17.4 Å². The number of nitrogens with two attached hydrogens (primary N) is 1. The Hall–Kier alpha value is -1.03. The molecule has 1 aromatic heterocycles. The van der Waals surface area contributed by atoms with Crippen molar-refractivity contribution in [3.63, 3.8) is 0 Å². The summed E-state index contributed by atoms with van der Waals surface area (Å²) in [5, 5.41) is 12.2. The van der Waals surface area contributed by atoms with Crippen LogP contribution < -0.4 is 5.73 Å². The summed E-state index contributed by atoms with van der Waals surface area (Å²) in [6.07, 6.45) is 0.498. The molecule has 3 N–H and O–H groups in total. The number of nitrogens with one attached hydrogen (secondary N) is 1. The number of rotatable bonds is 3. The maximum absolute atomic E-state index is 7.21. The SMILES string of the molecule is Cc1nn(C(C)CC(=N)N)c(C)c1Cl. The maximum atomic E-state index is 7.21. The van der Waals surface area contributed by atoms with E-state index in [9.17, 15) is 0 Å². The van der Waals surface area contributed by atoms with Gasteiger partial charge in [0.1, 0.15) is 0 Å². The Morgan fingerprint density at radius 2 is 2.21 bits per heavy atom. The third-order valence-corrected chi connectivity index (χ3v) is 2.72. The summed E-state index contributed by atoms with van der Waals surface area (Å²) >= 11 is 6.01. The Bertz CT molecular complexity index is 356. The third kappa shape index (κ3) is 2.07. The average Bonchev–Trinajstić information content (AvgIpc) is 2.32. The van der Waals surface area contributed by atoms with Gasteiger partial charge in [0.2, 0.25) is 0 Å². The zero-order valence-corrected chi connectivity index (χ0v) is 9.39. The normalized spacial score (nSPS) is 12.9. The van der Waals surface area contributed by atoms with Gasteiger partial charge in [0.05, 0.1) is 28.3 Å². The number of amidine groups is 1. The Labute approximate surface area is 88.6 Å². The number of hydrogen-bond donors (Lipinski definition) is 2. The van der Waals surface area contributed by atoms with Gasteiger partial charge in [-0.15, -0.1) is 0 Å². The summed E-state index contributed by atoms with van der Waals surface area (Å²) in [6.45, 7) is 5.75. The van der Waals surface area contributed by atoms with Crippen LogP contribution in [0, 0.1) is 19.3 Å². The first-order valence-electron chi connectivity index (χ1n) is 4.47. The molecule has 0 spiro atoms. The minimum absolute atomic E-state index is 0.0821. The summed E-state index contributed by atoms with van der Waals surface area (Å²) < 4.78 is 1.82. The Balaban J connectivity index is 2.95. The second-order valence-corrected chi connectivity index (χ2v) is 3.89. The number of halogens is 1. The van der Waals surface area contributed by atoms with Gasteiger partial charge in [-0.05, 0) is 20.8 Å². The van der Waals surface area contributed by atoms with Crippen LogP contribution in [0.5, 0.6) is 0 Å². The third-order valence-electron chi connectivity index (χ3n) is 2.17. The van der Waals surface area contributed by atoms with E-state index in [-0.39, 0.29) is 11.9 Å². The van der Waals surface area contributed by atoms with Gasteiger partial charge in [-0.2, -0.15) is 5.10 Å². The van der Waals surface area contributed by atoms with Crippen LogP contribution in [0.4, 0.5) is 0 Å². The lowest BCUT2D eigenvalue weighted by Crippen LogP contribution is -2.18. The molecule has 0 radical (unpaired) electrons. The molecule has 0 aliphatic carbocycles. The highest BCUT2D eigenvalue weighted by atomic mass is 35.5. The van der Waals surface area contributed by atoms with Crippen molar-refractivity contribution in [3.8, 4) is 0 Å². The second-order valence-electron chi connectivity index (χ2n) is 3.51. The van der Waals surface area contributed by atoms with Gasteiger partial charge in [-0.3, -0.25) is 10.1 Å². The Morgan fingerprint density at radius 3 is 2.57 bits per heavy atom. The first kappa shape index (κ1) is 11.0. The summed E-state index contributed by atoms with van der Waals surface area (Å²) in [6, 6.07) is 0.0821. The molecule has 14 heavy (non-hydrogen) atoms. The van der Waals surface area contributed by atoms with Crippen LogP contribution in [-0.4, -0.2) is 15.6 Å². The molecule has 4 nitrogen and oxygen atoms in total. The van der Waals surface area contributed by atoms with E-state index in [4.69, 9.17) is 22.7 Å². The van der Waals surface area contributed by atoms with E-state index >= 15 is 0 Å². The van der Waals surface area contributed by atoms with Gasteiger partial charge >= 0.3 is 0 Å². The first-order chi connectivity index (χ1) is 6.43. The van der Waals surface area contributed by atoms with E-state index in [2.05, 4.69) is 5.10 Å². The van der Waals surface area contributed by atoms with Crippen LogP contribution >= 0.6 is 11.6 Å². The second kappa shape index (κ2) is 4.00. The molecule has 78 valence electrons. The molecule has 0 saturated heterocycles. The fourth-order valence-corrected chi connectivity index (χ4v) is 1.60.